The lowest BCUT2D eigenvalue weighted by Gasteiger charge is -2.20. The molecule has 1 fully saturated rings. The van der Waals surface area contributed by atoms with Gasteiger partial charge in [0.1, 0.15) is 11.6 Å². The highest BCUT2D eigenvalue weighted by Gasteiger charge is 2.29. The molecule has 2 unspecified atom stereocenters. The van der Waals surface area contributed by atoms with E-state index in [1.54, 1.807) is 19.2 Å². The molecule has 1 aliphatic rings. The maximum Gasteiger partial charge on any atom is 0.123 e. The Hall–Kier alpha value is -1.09. The Labute approximate surface area is 95.6 Å². The summed E-state index contributed by atoms with van der Waals surface area (Å²) >= 11 is 0. The zero-order chi connectivity index (χ0) is 11.5. The van der Waals surface area contributed by atoms with E-state index in [1.165, 1.54) is 12.5 Å². The van der Waals surface area contributed by atoms with Crippen LogP contribution in [0.25, 0.3) is 0 Å². The standard InChI is InChI=1S/C13H18FNO/c1-16-13-6-5-10(14)7-12(13)11-4-2-3-9(11)8-15/h5-7,9,11H,2-4,8,15H2,1H3. The first-order valence-electron chi connectivity index (χ1n) is 5.79. The molecule has 2 atom stereocenters. The van der Waals surface area contributed by atoms with E-state index in [0.29, 0.717) is 18.4 Å². The number of methoxy groups -OCH3 is 1. The monoisotopic (exact) mass is 223 g/mol. The summed E-state index contributed by atoms with van der Waals surface area (Å²) in [5, 5.41) is 0. The van der Waals surface area contributed by atoms with Gasteiger partial charge >= 0.3 is 0 Å². The molecule has 0 radical (unpaired) electrons. The molecule has 1 saturated carbocycles. The molecule has 1 aliphatic carbocycles. The van der Waals surface area contributed by atoms with Crippen LogP contribution in [0.1, 0.15) is 30.7 Å². The minimum Gasteiger partial charge on any atom is -0.496 e. The molecule has 1 aromatic rings. The highest BCUT2D eigenvalue weighted by atomic mass is 19.1. The van der Waals surface area contributed by atoms with Crippen molar-refractivity contribution in [2.24, 2.45) is 11.7 Å². The molecule has 0 heterocycles. The van der Waals surface area contributed by atoms with Crippen molar-refractivity contribution in [2.75, 3.05) is 13.7 Å². The molecule has 88 valence electrons. The fraction of sp³-hybridized carbons (Fsp3) is 0.538. The van der Waals surface area contributed by atoms with Gasteiger partial charge in [0.05, 0.1) is 7.11 Å². The summed E-state index contributed by atoms with van der Waals surface area (Å²) in [7, 11) is 1.63. The number of ether oxygens (including phenoxy) is 1. The molecule has 0 saturated heterocycles. The quantitative estimate of drug-likeness (QED) is 0.855. The third-order valence-corrected chi connectivity index (χ3v) is 3.55. The van der Waals surface area contributed by atoms with Crippen molar-refractivity contribution in [2.45, 2.75) is 25.2 Å². The van der Waals surface area contributed by atoms with Crippen LogP contribution in [0.4, 0.5) is 4.39 Å². The van der Waals surface area contributed by atoms with Crippen molar-refractivity contribution in [1.82, 2.24) is 0 Å². The van der Waals surface area contributed by atoms with Gasteiger partial charge < -0.3 is 10.5 Å². The number of rotatable bonds is 3. The summed E-state index contributed by atoms with van der Waals surface area (Å²) in [6.45, 7) is 0.671. The first kappa shape index (κ1) is 11.4. The third-order valence-electron chi connectivity index (χ3n) is 3.55. The molecule has 2 N–H and O–H groups in total. The Morgan fingerprint density at radius 1 is 1.44 bits per heavy atom. The van der Waals surface area contributed by atoms with Gasteiger partial charge in [0.15, 0.2) is 0 Å². The highest BCUT2D eigenvalue weighted by Crippen LogP contribution is 2.42. The van der Waals surface area contributed by atoms with Crippen molar-refractivity contribution < 1.29 is 9.13 Å². The predicted molar refractivity (Wildman–Crippen MR) is 62.1 cm³/mol. The summed E-state index contributed by atoms with van der Waals surface area (Å²) in [4.78, 5) is 0. The van der Waals surface area contributed by atoms with Crippen LogP contribution < -0.4 is 10.5 Å². The van der Waals surface area contributed by atoms with Gasteiger partial charge in [-0.25, -0.2) is 4.39 Å². The van der Waals surface area contributed by atoms with E-state index in [2.05, 4.69) is 0 Å². The molecular weight excluding hydrogens is 205 g/mol. The first-order valence-corrected chi connectivity index (χ1v) is 5.79. The van der Waals surface area contributed by atoms with E-state index in [1.807, 2.05) is 0 Å². The smallest absolute Gasteiger partial charge is 0.123 e. The number of halogens is 1. The van der Waals surface area contributed by atoms with Gasteiger partial charge in [-0.3, -0.25) is 0 Å². The fourth-order valence-electron chi connectivity index (χ4n) is 2.72. The van der Waals surface area contributed by atoms with Gasteiger partial charge in [-0.05, 0) is 49.4 Å². The number of hydrogen-bond donors (Lipinski definition) is 1. The van der Waals surface area contributed by atoms with Crippen molar-refractivity contribution in [1.29, 1.82) is 0 Å². The molecular formula is C13H18FNO. The summed E-state index contributed by atoms with van der Waals surface area (Å²) in [5.41, 5.74) is 6.74. The van der Waals surface area contributed by atoms with E-state index in [-0.39, 0.29) is 5.82 Å². The van der Waals surface area contributed by atoms with Gasteiger partial charge in [-0.1, -0.05) is 6.42 Å². The summed E-state index contributed by atoms with van der Waals surface area (Å²) in [6, 6.07) is 4.74. The van der Waals surface area contributed by atoms with Gasteiger partial charge in [0.2, 0.25) is 0 Å². The van der Waals surface area contributed by atoms with E-state index < -0.39 is 0 Å². The minimum absolute atomic E-state index is 0.196. The highest BCUT2D eigenvalue weighted by molar-refractivity contribution is 5.37. The number of hydrogen-bond acceptors (Lipinski definition) is 2. The van der Waals surface area contributed by atoms with Gasteiger partial charge in [0.25, 0.3) is 0 Å². The molecule has 3 heteroatoms. The van der Waals surface area contributed by atoms with Crippen molar-refractivity contribution in [3.63, 3.8) is 0 Å². The van der Waals surface area contributed by atoms with Crippen LogP contribution in [0, 0.1) is 11.7 Å². The Morgan fingerprint density at radius 2 is 2.25 bits per heavy atom. The van der Waals surface area contributed by atoms with E-state index in [9.17, 15) is 4.39 Å². The lowest BCUT2D eigenvalue weighted by Crippen LogP contribution is -2.17. The normalized spacial score (nSPS) is 24.7. The van der Waals surface area contributed by atoms with Gasteiger partial charge in [0, 0.05) is 5.56 Å². The Balaban J connectivity index is 2.34. The topological polar surface area (TPSA) is 35.2 Å². The lowest BCUT2D eigenvalue weighted by atomic mass is 9.88. The Bertz CT molecular complexity index is 367. The zero-order valence-electron chi connectivity index (χ0n) is 9.58. The van der Waals surface area contributed by atoms with Crippen LogP contribution in [0.15, 0.2) is 18.2 Å². The summed E-state index contributed by atoms with van der Waals surface area (Å²) in [6.07, 6.45) is 3.40. The van der Waals surface area contributed by atoms with Crippen LogP contribution in [0.2, 0.25) is 0 Å². The van der Waals surface area contributed by atoms with E-state index in [4.69, 9.17) is 10.5 Å². The average Bonchev–Trinajstić information content (AvgIpc) is 2.76. The van der Waals surface area contributed by atoms with Crippen LogP contribution in [0.5, 0.6) is 5.75 Å². The number of benzene rings is 1. The predicted octanol–water partition coefficient (Wildman–Crippen LogP) is 2.68. The Morgan fingerprint density at radius 3 is 2.94 bits per heavy atom. The molecule has 0 amide bonds. The van der Waals surface area contributed by atoms with Crippen LogP contribution in [-0.2, 0) is 0 Å². The zero-order valence-corrected chi connectivity index (χ0v) is 9.58. The average molecular weight is 223 g/mol. The largest absolute Gasteiger partial charge is 0.496 e. The maximum absolute atomic E-state index is 13.3. The minimum atomic E-state index is -0.196. The van der Waals surface area contributed by atoms with E-state index >= 15 is 0 Å². The van der Waals surface area contributed by atoms with Crippen molar-refractivity contribution >= 4 is 0 Å². The summed E-state index contributed by atoms with van der Waals surface area (Å²) < 4.78 is 18.6. The van der Waals surface area contributed by atoms with Crippen LogP contribution >= 0.6 is 0 Å². The molecule has 2 rings (SSSR count). The molecule has 0 spiro atoms. The van der Waals surface area contributed by atoms with Crippen LogP contribution in [-0.4, -0.2) is 13.7 Å². The summed E-state index contributed by atoms with van der Waals surface area (Å²) in [5.74, 6) is 1.41. The lowest BCUT2D eigenvalue weighted by molar-refractivity contribution is 0.394. The molecule has 0 aliphatic heterocycles. The fourth-order valence-corrected chi connectivity index (χ4v) is 2.72. The van der Waals surface area contributed by atoms with Crippen molar-refractivity contribution in [3.05, 3.63) is 29.6 Å². The molecule has 2 nitrogen and oxygen atoms in total. The second-order valence-electron chi connectivity index (χ2n) is 4.42. The van der Waals surface area contributed by atoms with E-state index in [0.717, 1.165) is 24.2 Å². The first-order chi connectivity index (χ1) is 7.76. The van der Waals surface area contributed by atoms with Gasteiger partial charge in [-0.15, -0.1) is 0 Å². The third kappa shape index (κ3) is 2.05. The molecule has 16 heavy (non-hydrogen) atoms. The number of nitrogens with two attached hydrogens (primary N) is 1. The molecule has 1 aromatic carbocycles. The molecule has 0 bridgehead atoms. The van der Waals surface area contributed by atoms with Crippen LogP contribution in [0.3, 0.4) is 0 Å². The Kier molecular flexibility index (Phi) is 3.44. The van der Waals surface area contributed by atoms with Crippen molar-refractivity contribution in [3.8, 4) is 5.75 Å². The maximum atomic E-state index is 13.3. The second-order valence-corrected chi connectivity index (χ2v) is 4.42. The second kappa shape index (κ2) is 4.83. The van der Waals surface area contributed by atoms with Gasteiger partial charge in [-0.2, -0.15) is 0 Å². The molecule has 0 aromatic heterocycles. The SMILES string of the molecule is COc1ccc(F)cc1C1CCCC1CN.